The summed E-state index contributed by atoms with van der Waals surface area (Å²) >= 11 is 1.87. The predicted octanol–water partition coefficient (Wildman–Crippen LogP) is 2.94. The first-order valence-electron chi connectivity index (χ1n) is 7.15. The highest BCUT2D eigenvalue weighted by atomic mass is 32.2. The van der Waals surface area contributed by atoms with Crippen molar-refractivity contribution >= 4 is 11.8 Å². The topological polar surface area (TPSA) is 30.5 Å². The lowest BCUT2D eigenvalue weighted by atomic mass is 10.3. The van der Waals surface area contributed by atoms with Gasteiger partial charge >= 0.3 is 0 Å². The van der Waals surface area contributed by atoms with E-state index >= 15 is 0 Å². The second-order valence-corrected chi connectivity index (χ2v) is 6.32. The van der Waals surface area contributed by atoms with E-state index < -0.39 is 0 Å². The molecule has 3 rings (SSSR count). The van der Waals surface area contributed by atoms with Gasteiger partial charge in [-0.2, -0.15) is 0 Å². The van der Waals surface area contributed by atoms with Gasteiger partial charge in [0.15, 0.2) is 11.5 Å². The van der Waals surface area contributed by atoms with Crippen LogP contribution in [0.15, 0.2) is 23.1 Å². The van der Waals surface area contributed by atoms with E-state index in [1.165, 1.54) is 24.3 Å². The van der Waals surface area contributed by atoms with E-state index in [1.54, 1.807) is 0 Å². The minimum absolute atomic E-state index is 0.754. The third-order valence-corrected chi connectivity index (χ3v) is 4.39. The number of rotatable bonds is 6. The average Bonchev–Trinajstić information content (AvgIpc) is 3.24. The molecule has 3 nitrogen and oxygen atoms in total. The molecule has 1 saturated carbocycles. The molecule has 0 radical (unpaired) electrons. The molecule has 0 amide bonds. The van der Waals surface area contributed by atoms with Crippen molar-refractivity contribution in [3.05, 3.63) is 18.2 Å². The maximum Gasteiger partial charge on any atom is 0.162 e. The van der Waals surface area contributed by atoms with Crippen LogP contribution in [0.1, 0.15) is 19.3 Å². The molecule has 1 aliphatic carbocycles. The number of fused-ring (bicyclic) bond motifs is 1. The van der Waals surface area contributed by atoms with Crippen LogP contribution in [0, 0.1) is 5.92 Å². The van der Waals surface area contributed by atoms with E-state index in [2.05, 4.69) is 17.4 Å². The van der Waals surface area contributed by atoms with Crippen LogP contribution in [0.2, 0.25) is 0 Å². The highest BCUT2D eigenvalue weighted by molar-refractivity contribution is 7.99. The first kappa shape index (κ1) is 13.1. The molecule has 1 aromatic rings. The first-order valence-corrected chi connectivity index (χ1v) is 8.13. The lowest BCUT2D eigenvalue weighted by molar-refractivity contribution is 0.297. The average molecular weight is 279 g/mol. The molecule has 1 fully saturated rings. The molecule has 0 unspecified atom stereocenters. The lowest BCUT2D eigenvalue weighted by Gasteiger charge is -2.09. The quantitative estimate of drug-likeness (QED) is 0.640. The molecule has 1 heterocycles. The highest BCUT2D eigenvalue weighted by Crippen LogP contribution is 2.33. The van der Waals surface area contributed by atoms with Gasteiger partial charge in [0.05, 0.1) is 13.2 Å². The SMILES string of the molecule is c1cc2c(cc1SCCNCC1CC1)OCCCO2. The van der Waals surface area contributed by atoms with Gasteiger partial charge < -0.3 is 14.8 Å². The van der Waals surface area contributed by atoms with Crippen molar-refractivity contribution in [3.63, 3.8) is 0 Å². The normalized spacial score (nSPS) is 18.1. The van der Waals surface area contributed by atoms with Crippen LogP contribution >= 0.6 is 11.8 Å². The molecule has 1 aliphatic heterocycles. The monoisotopic (exact) mass is 279 g/mol. The van der Waals surface area contributed by atoms with E-state index in [0.717, 1.165) is 49.3 Å². The minimum atomic E-state index is 0.754. The van der Waals surface area contributed by atoms with Crippen LogP contribution in [0.4, 0.5) is 0 Å². The van der Waals surface area contributed by atoms with Gasteiger partial charge in [-0.1, -0.05) is 0 Å². The molecule has 0 aromatic heterocycles. The fourth-order valence-electron chi connectivity index (χ4n) is 2.10. The number of thioether (sulfide) groups is 1. The molecule has 4 heteroatoms. The number of ether oxygens (including phenoxy) is 2. The zero-order chi connectivity index (χ0) is 12.9. The molecular weight excluding hydrogens is 258 g/mol. The van der Waals surface area contributed by atoms with Crippen LogP contribution in [0.3, 0.4) is 0 Å². The molecule has 2 aliphatic rings. The van der Waals surface area contributed by atoms with Gasteiger partial charge in [0.2, 0.25) is 0 Å². The number of hydrogen-bond acceptors (Lipinski definition) is 4. The van der Waals surface area contributed by atoms with E-state index in [9.17, 15) is 0 Å². The van der Waals surface area contributed by atoms with Crippen LogP contribution in [-0.4, -0.2) is 32.1 Å². The van der Waals surface area contributed by atoms with Gasteiger partial charge in [-0.15, -0.1) is 11.8 Å². The van der Waals surface area contributed by atoms with E-state index in [0.29, 0.717) is 0 Å². The Kier molecular flexibility index (Phi) is 4.51. The predicted molar refractivity (Wildman–Crippen MR) is 78.4 cm³/mol. The van der Waals surface area contributed by atoms with Crippen molar-refractivity contribution in [3.8, 4) is 11.5 Å². The fourth-order valence-corrected chi connectivity index (χ4v) is 2.94. The maximum atomic E-state index is 5.70. The Morgan fingerprint density at radius 1 is 1.16 bits per heavy atom. The number of benzene rings is 1. The van der Waals surface area contributed by atoms with Gasteiger partial charge in [-0.25, -0.2) is 0 Å². The second-order valence-electron chi connectivity index (χ2n) is 5.15. The largest absolute Gasteiger partial charge is 0.490 e. The fraction of sp³-hybridized carbons (Fsp3) is 0.600. The number of nitrogens with one attached hydrogen (secondary N) is 1. The summed E-state index contributed by atoms with van der Waals surface area (Å²) < 4.78 is 11.3. The zero-order valence-corrected chi connectivity index (χ0v) is 12.0. The highest BCUT2D eigenvalue weighted by Gasteiger charge is 2.19. The van der Waals surface area contributed by atoms with E-state index in [1.807, 2.05) is 17.8 Å². The summed E-state index contributed by atoms with van der Waals surface area (Å²) in [5, 5.41) is 3.51. The van der Waals surface area contributed by atoms with Gasteiger partial charge in [-0.3, -0.25) is 0 Å². The summed E-state index contributed by atoms with van der Waals surface area (Å²) in [6.45, 7) is 3.78. The standard InChI is InChI=1S/C15H21NO2S/c1-7-17-14-5-4-13(10-15(14)18-8-1)19-9-6-16-11-12-2-3-12/h4-5,10,12,16H,1-3,6-9,11H2. The van der Waals surface area contributed by atoms with Gasteiger partial charge in [0, 0.05) is 23.6 Å². The molecule has 1 aromatic carbocycles. The molecule has 104 valence electrons. The Morgan fingerprint density at radius 3 is 2.84 bits per heavy atom. The smallest absolute Gasteiger partial charge is 0.162 e. The van der Waals surface area contributed by atoms with Gasteiger partial charge in [-0.05, 0) is 43.5 Å². The molecule has 1 N–H and O–H groups in total. The van der Waals surface area contributed by atoms with E-state index in [4.69, 9.17) is 9.47 Å². The van der Waals surface area contributed by atoms with Crippen LogP contribution < -0.4 is 14.8 Å². The Morgan fingerprint density at radius 2 is 2.00 bits per heavy atom. The Bertz CT molecular complexity index is 421. The molecule has 0 saturated heterocycles. The Labute approximate surface area is 119 Å². The molecule has 0 bridgehead atoms. The summed E-state index contributed by atoms with van der Waals surface area (Å²) in [6.07, 6.45) is 3.80. The van der Waals surface area contributed by atoms with E-state index in [-0.39, 0.29) is 0 Å². The lowest BCUT2D eigenvalue weighted by Crippen LogP contribution is -2.19. The van der Waals surface area contributed by atoms with Crippen molar-refractivity contribution in [2.45, 2.75) is 24.2 Å². The zero-order valence-electron chi connectivity index (χ0n) is 11.2. The molecule has 0 spiro atoms. The Hall–Kier alpha value is -0.870. The third kappa shape index (κ3) is 4.05. The number of hydrogen-bond donors (Lipinski definition) is 1. The van der Waals surface area contributed by atoms with Gasteiger partial charge in [0.1, 0.15) is 0 Å². The molecule has 19 heavy (non-hydrogen) atoms. The van der Waals surface area contributed by atoms with Crippen LogP contribution in [0.25, 0.3) is 0 Å². The van der Waals surface area contributed by atoms with Crippen molar-refractivity contribution in [1.29, 1.82) is 0 Å². The van der Waals surface area contributed by atoms with Crippen molar-refractivity contribution in [2.75, 3.05) is 32.1 Å². The Balaban J connectivity index is 1.45. The van der Waals surface area contributed by atoms with Crippen molar-refractivity contribution < 1.29 is 9.47 Å². The minimum Gasteiger partial charge on any atom is -0.490 e. The van der Waals surface area contributed by atoms with Crippen molar-refractivity contribution in [1.82, 2.24) is 5.32 Å². The maximum absolute atomic E-state index is 5.70. The summed E-state index contributed by atoms with van der Waals surface area (Å²) in [4.78, 5) is 1.26. The first-order chi connectivity index (χ1) is 9.42. The summed E-state index contributed by atoms with van der Waals surface area (Å²) in [5.74, 6) is 3.84. The summed E-state index contributed by atoms with van der Waals surface area (Å²) in [6, 6.07) is 6.26. The summed E-state index contributed by atoms with van der Waals surface area (Å²) in [5.41, 5.74) is 0. The molecular formula is C15H21NO2S. The second kappa shape index (κ2) is 6.53. The third-order valence-electron chi connectivity index (χ3n) is 3.40. The van der Waals surface area contributed by atoms with Crippen molar-refractivity contribution in [2.24, 2.45) is 5.92 Å². The van der Waals surface area contributed by atoms with Crippen LogP contribution in [0.5, 0.6) is 11.5 Å². The molecule has 0 atom stereocenters. The van der Waals surface area contributed by atoms with Gasteiger partial charge in [0.25, 0.3) is 0 Å². The summed E-state index contributed by atoms with van der Waals surface area (Å²) in [7, 11) is 0. The van der Waals surface area contributed by atoms with Crippen LogP contribution in [-0.2, 0) is 0 Å².